The minimum atomic E-state index is -6.06. The van der Waals surface area contributed by atoms with Gasteiger partial charge in [0.2, 0.25) is 21.5 Å². The average molecular weight is 2030 g/mol. The lowest BCUT2D eigenvalue weighted by atomic mass is 9.70. The number of aliphatic hydroxyl groups is 12. The number of fused-ring (bicyclic) bond motifs is 12. The topological polar surface area (TPSA) is 354 Å². The maximum absolute atomic E-state index is 14.7. The van der Waals surface area contributed by atoms with Gasteiger partial charge >= 0.3 is 95.9 Å². The van der Waals surface area contributed by atoms with Gasteiger partial charge in [0.15, 0.2) is 0 Å². The molecule has 0 aromatic rings. The van der Waals surface area contributed by atoms with Crippen molar-refractivity contribution in [2.75, 3.05) is 19.6 Å². The number of esters is 1. The highest BCUT2D eigenvalue weighted by Gasteiger charge is 2.85. The molecule has 14 N–H and O–H groups in total. The molecule has 52 heteroatoms. The first-order valence-electron chi connectivity index (χ1n) is 41.2. The van der Waals surface area contributed by atoms with Gasteiger partial charge in [0.25, 0.3) is 10.7 Å². The number of ether oxygens (including phenoxy) is 2. The summed E-state index contributed by atoms with van der Waals surface area (Å²) in [6.07, 6.45) is -10.9. The van der Waals surface area contributed by atoms with Gasteiger partial charge in [-0.25, -0.2) is 8.42 Å². The van der Waals surface area contributed by atoms with Gasteiger partial charge in [0.05, 0.1) is 6.26 Å². The van der Waals surface area contributed by atoms with Crippen LogP contribution in [0, 0.1) is 107 Å². The molecule has 0 aromatic heterocycles. The van der Waals surface area contributed by atoms with Crippen molar-refractivity contribution in [1.29, 1.82) is 0 Å². The Hall–Kier alpha value is -4.98. The number of methoxy groups -OCH3 is 1. The molecule has 770 valence electrons. The quantitative estimate of drug-likeness (QED) is 0.0175. The number of sulfonamides is 1. The van der Waals surface area contributed by atoms with Crippen molar-refractivity contribution in [2.24, 2.45) is 107 Å². The summed E-state index contributed by atoms with van der Waals surface area (Å²) in [6, 6.07) is 0. The Bertz CT molecular complexity index is 4170. The minimum Gasteiger partial charge on any atom is -0.418 e. The summed E-state index contributed by atoms with van der Waals surface area (Å²) in [6.45, 7) is 5.49. The van der Waals surface area contributed by atoms with Gasteiger partial charge in [-0.15, -0.1) is 11.8 Å². The van der Waals surface area contributed by atoms with Crippen LogP contribution in [0.2, 0.25) is 0 Å². The number of carbonyl (C=O) groups is 2. The number of carbonyl (C=O) groups excluding carboxylic acids is 2. The van der Waals surface area contributed by atoms with Crippen molar-refractivity contribution in [2.45, 2.75) is 286 Å². The summed E-state index contributed by atoms with van der Waals surface area (Å²) < 4.78 is 438. The number of halogens is 30. The first-order valence-corrected chi connectivity index (χ1v) is 44.3. The molecule has 0 saturated heterocycles. The summed E-state index contributed by atoms with van der Waals surface area (Å²) in [5, 5.41) is 120. The predicted octanol–water partition coefficient (Wildman–Crippen LogP) is 14.7. The molecular formula is C81H106F30N2O18S2. The zero-order valence-corrected chi connectivity index (χ0v) is 74.1. The van der Waals surface area contributed by atoms with Crippen LogP contribution in [0.25, 0.3) is 0 Å². The lowest BCUT2D eigenvalue weighted by Crippen LogP contribution is -2.76. The molecule has 1 amide bonds. The van der Waals surface area contributed by atoms with Crippen molar-refractivity contribution in [3.63, 3.8) is 0 Å². The van der Waals surface area contributed by atoms with E-state index in [4.69, 9.17) is 0 Å². The number of thioether (sulfide) groups is 1. The van der Waals surface area contributed by atoms with Crippen LogP contribution in [0.15, 0.2) is 72.9 Å². The molecule has 0 heterocycles. The molecule has 12 bridgehead atoms. The minimum absolute atomic E-state index is 0.00975. The highest BCUT2D eigenvalue weighted by atomic mass is 32.2. The largest absolute Gasteiger partial charge is 0.462 e. The second-order valence-electron chi connectivity index (χ2n) is 37.8. The Balaban J connectivity index is 0.000000218. The Labute approximate surface area is 746 Å². The van der Waals surface area contributed by atoms with Crippen LogP contribution in [-0.4, -0.2) is 241 Å². The number of hydrogen-bond donors (Lipinski definition) is 14. The zero-order valence-electron chi connectivity index (χ0n) is 72.5. The molecule has 30 atom stereocenters. The van der Waals surface area contributed by atoms with Gasteiger partial charge in [-0.05, 0) is 202 Å². The van der Waals surface area contributed by atoms with E-state index < -0.39 is 239 Å². The van der Waals surface area contributed by atoms with Crippen LogP contribution in [0.1, 0.15) is 146 Å². The summed E-state index contributed by atoms with van der Waals surface area (Å²) in [7, 11) is -4.54. The number of rotatable bonds is 25. The highest BCUT2D eigenvalue weighted by molar-refractivity contribution is 7.99. The molecule has 133 heavy (non-hydrogen) atoms. The summed E-state index contributed by atoms with van der Waals surface area (Å²) in [5.74, 6) is -52.6. The third kappa shape index (κ3) is 19.4. The fraction of sp³-hybridized carbons (Fsp3) is 0.827. The summed E-state index contributed by atoms with van der Waals surface area (Å²) >= 11 is -0.406. The highest BCUT2D eigenvalue weighted by Crippen LogP contribution is 2.66. The SMILES string of the molecule is CC(=O)NC(O)(C(F)(F)F)C(F)(F)C(C)(O)C1CC2C=CC1C2.CC(=O)OC(O)(C(F)(F)F)C(F)(F)C(C)(O)C1CC2C=CC1C2.CC(O)(C1CC2C=CC1C2)C(F)(F)C(O)(NS(C)(=O)=O)C(F)(F)F.CCC(O)(C(F)(F)F)C(F)(F)C(C)(O)C1CC2C=CC1C2.COC(O)(C(F)(F)F)C(F)(F)C(C)(O)C1CC2C=CC1C2.CSC(O)(C(F)(F)F)C(F)(F)C(C)(O)C1CC2C=CC1C2. The Morgan fingerprint density at radius 3 is 0.744 bits per heavy atom. The molecule has 12 aliphatic carbocycles. The van der Waals surface area contributed by atoms with Gasteiger partial charge in [-0.3, -0.25) is 9.59 Å². The third-order valence-corrected chi connectivity index (χ3v) is 30.8. The van der Waals surface area contributed by atoms with Crippen molar-refractivity contribution in [3.8, 4) is 0 Å². The molecule has 0 radical (unpaired) electrons. The van der Waals surface area contributed by atoms with E-state index in [-0.39, 0.29) is 92.1 Å². The van der Waals surface area contributed by atoms with Gasteiger partial charge in [-0.1, -0.05) is 79.8 Å². The van der Waals surface area contributed by atoms with E-state index >= 15 is 0 Å². The van der Waals surface area contributed by atoms with E-state index in [1.807, 2.05) is 18.2 Å². The number of allylic oxidation sites excluding steroid dienone is 12. The smallest absolute Gasteiger partial charge is 0.418 e. The zero-order chi connectivity index (χ0) is 103. The van der Waals surface area contributed by atoms with E-state index in [0.29, 0.717) is 106 Å². The molecule has 0 aromatic carbocycles. The van der Waals surface area contributed by atoms with Crippen molar-refractivity contribution in [1.82, 2.24) is 10.0 Å². The van der Waals surface area contributed by atoms with E-state index in [1.54, 1.807) is 54.7 Å². The standard InChI is InChI=1S/C14H18F5NO3.C14H17F5O4.C14H19F5O2.C13H18F5NO4S.C13H17F5O3.C13H17F5O2S/c1-7(21)20-13(23,14(17,18)19)12(15,16)11(2,22)10-6-8-3-4-9(10)5-8;1-7(20)23-13(22,14(17,18)19)12(15,16)11(2,21)10-6-8-3-4-9(10)5-8;1-3-12(21,14(17,18)19)13(15,16)11(2,20)10-7-8-4-5-9(10)6-8;1-10(20,9-6-7-3-4-8(9)5-7)11(14,15)12(21,13(16,17)18)19-24(2,22)23;2*1-10(19,9-6-7-3-4-8(9)5-7)11(14,15)12(20,21-2)13(16,17)18/h3-4,8-10,22-23H,5-6H2,1-2H3,(H,20,21);3-4,8-10,21-22H,5-6H2,1-2H3;4-5,8-10,20-21H,3,6-7H2,1-2H3;3-4,7-9,19-21H,5-6H2,1-2H3;2*3-4,7-9,19-20H,5-6H2,1-2H3. The molecule has 6 saturated carbocycles. The first kappa shape index (κ1) is 115. The Morgan fingerprint density at radius 2 is 0.571 bits per heavy atom. The van der Waals surface area contributed by atoms with Crippen LogP contribution in [-0.2, 0) is 29.1 Å². The number of alkyl halides is 30. The van der Waals surface area contributed by atoms with E-state index in [2.05, 4.69) is 9.47 Å². The van der Waals surface area contributed by atoms with E-state index in [0.717, 1.165) is 18.5 Å². The average Bonchev–Trinajstić information content (AvgIpc) is 1.72. The molecule has 0 spiro atoms. The van der Waals surface area contributed by atoms with Crippen molar-refractivity contribution in [3.05, 3.63) is 72.9 Å². The summed E-state index contributed by atoms with van der Waals surface area (Å²) in [5.41, 5.74) is -32.9. The molecule has 30 unspecified atom stereocenters. The van der Waals surface area contributed by atoms with Crippen molar-refractivity contribution >= 4 is 33.7 Å². The van der Waals surface area contributed by atoms with Crippen molar-refractivity contribution < 1.29 is 220 Å². The fourth-order valence-electron chi connectivity index (χ4n) is 21.2. The molecule has 0 aliphatic heterocycles. The van der Waals surface area contributed by atoms with Gasteiger partial charge in [0, 0.05) is 56.5 Å². The molecule has 20 nitrogen and oxygen atoms in total. The second-order valence-corrected chi connectivity index (χ2v) is 40.5. The Morgan fingerprint density at radius 1 is 0.338 bits per heavy atom. The third-order valence-electron chi connectivity index (χ3n) is 29.1. The van der Waals surface area contributed by atoms with Crippen LogP contribution in [0.5, 0.6) is 0 Å². The first-order chi connectivity index (χ1) is 59.2. The van der Waals surface area contributed by atoms with E-state index in [1.165, 1.54) is 0 Å². The van der Waals surface area contributed by atoms with Gasteiger partial charge < -0.3 is 76.1 Å². The predicted molar refractivity (Wildman–Crippen MR) is 407 cm³/mol. The van der Waals surface area contributed by atoms with E-state index in [9.17, 15) is 211 Å². The number of hydrogen-bond acceptors (Lipinski definition) is 19. The lowest BCUT2D eigenvalue weighted by molar-refractivity contribution is -0.450. The molecule has 6 fully saturated rings. The second kappa shape index (κ2) is 36.5. The maximum Gasteiger partial charge on any atom is 0.462 e. The van der Waals surface area contributed by atoms with Crippen LogP contribution in [0.3, 0.4) is 0 Å². The number of amides is 1. The van der Waals surface area contributed by atoms with Gasteiger partial charge in [-0.2, -0.15) is 136 Å². The summed E-state index contributed by atoms with van der Waals surface area (Å²) in [4.78, 5) is 17.4. The number of nitrogens with one attached hydrogen (secondary N) is 2. The van der Waals surface area contributed by atoms with Crippen LogP contribution in [0.4, 0.5) is 132 Å². The van der Waals surface area contributed by atoms with Crippen LogP contribution < -0.4 is 10.0 Å². The van der Waals surface area contributed by atoms with Gasteiger partial charge in [0.1, 0.15) is 33.6 Å². The normalized spacial score (nSPS) is 33.6. The molecular weight excluding hydrogens is 1920 g/mol. The molecule has 12 aliphatic rings. The maximum atomic E-state index is 14.7. The Kier molecular flexibility index (Phi) is 31.6. The monoisotopic (exact) mass is 2030 g/mol. The fourth-order valence-corrected chi connectivity index (χ4v) is 22.7. The van der Waals surface area contributed by atoms with Crippen LogP contribution >= 0.6 is 11.8 Å². The lowest BCUT2D eigenvalue weighted by Gasteiger charge is -2.47. The molecule has 12 rings (SSSR count).